The molecule has 0 amide bonds. The lowest BCUT2D eigenvalue weighted by molar-refractivity contribution is -0.166. The van der Waals surface area contributed by atoms with Crippen molar-refractivity contribution in [1.82, 2.24) is 14.7 Å². The summed E-state index contributed by atoms with van der Waals surface area (Å²) in [4.78, 5) is 37.4. The van der Waals surface area contributed by atoms with Gasteiger partial charge in [-0.25, -0.2) is 9.08 Å². The highest BCUT2D eigenvalue weighted by atomic mass is 31.2. The number of benzene rings is 1. The summed E-state index contributed by atoms with van der Waals surface area (Å²) in [5, 5.41) is 17.5. The van der Waals surface area contributed by atoms with Gasteiger partial charge in [-0.15, -0.1) is 0 Å². The van der Waals surface area contributed by atoms with Gasteiger partial charge in [0.1, 0.15) is 30.6 Å². The van der Waals surface area contributed by atoms with Crippen LogP contribution in [0.25, 0.3) is 5.52 Å². The molecule has 250 valence electrons. The van der Waals surface area contributed by atoms with Gasteiger partial charge in [0.15, 0.2) is 12.2 Å². The van der Waals surface area contributed by atoms with Gasteiger partial charge in [0, 0.05) is 20.0 Å². The van der Waals surface area contributed by atoms with E-state index >= 15 is 0 Å². The first-order chi connectivity index (χ1) is 22.4. The number of nitriles is 1. The van der Waals surface area contributed by atoms with Crippen LogP contribution in [0.2, 0.25) is 0 Å². The number of nitrogens with zero attached hydrogens (tertiary/aromatic N) is 3. The van der Waals surface area contributed by atoms with Crippen LogP contribution in [-0.4, -0.2) is 64.6 Å². The molecule has 2 aliphatic rings. The number of anilines is 1. The fraction of sp³-hybridized carbons (Fsp3) is 0.452. The van der Waals surface area contributed by atoms with Crippen molar-refractivity contribution in [1.29, 1.82) is 5.26 Å². The molecule has 0 spiro atoms. The van der Waals surface area contributed by atoms with E-state index in [9.17, 15) is 24.2 Å². The zero-order valence-corrected chi connectivity index (χ0v) is 27.0. The Morgan fingerprint density at radius 2 is 1.87 bits per heavy atom. The number of carbonyl (C=O) groups is 3. The number of nitrogens with two attached hydrogens (primary N) is 1. The predicted molar refractivity (Wildman–Crippen MR) is 164 cm³/mol. The van der Waals surface area contributed by atoms with Crippen LogP contribution in [0, 0.1) is 17.2 Å². The average Bonchev–Trinajstić information content (AvgIpc) is 3.56. The third-order valence-electron chi connectivity index (χ3n) is 7.90. The summed E-state index contributed by atoms with van der Waals surface area (Å²) in [5.41, 5.74) is 5.12. The number of hydrogen-bond donors (Lipinski definition) is 2. The highest BCUT2D eigenvalue weighted by molar-refractivity contribution is 7.52. The second-order valence-corrected chi connectivity index (χ2v) is 13.1. The van der Waals surface area contributed by atoms with E-state index in [1.807, 2.05) is 6.07 Å². The van der Waals surface area contributed by atoms with Crippen molar-refractivity contribution in [2.45, 2.75) is 70.0 Å². The molecule has 3 N–H and O–H groups in total. The van der Waals surface area contributed by atoms with Crippen molar-refractivity contribution in [3.63, 3.8) is 0 Å². The number of fused-ring (bicyclic) bond motifs is 1. The second kappa shape index (κ2) is 14.1. The lowest BCUT2D eigenvalue weighted by Crippen LogP contribution is -2.49. The van der Waals surface area contributed by atoms with Crippen molar-refractivity contribution in [2.75, 3.05) is 18.9 Å². The number of nitrogen functional groups attached to an aromatic ring is 1. The van der Waals surface area contributed by atoms with Gasteiger partial charge < -0.3 is 29.2 Å². The monoisotopic (exact) mass is 669 g/mol. The molecule has 0 bridgehead atoms. The van der Waals surface area contributed by atoms with E-state index < -0.39 is 62.2 Å². The van der Waals surface area contributed by atoms with Crippen LogP contribution in [0.3, 0.4) is 0 Å². The number of hydrogen-bond acceptors (Lipinski definition) is 13. The first kappa shape index (κ1) is 33.9. The molecule has 47 heavy (non-hydrogen) atoms. The molecule has 3 heterocycles. The Bertz CT molecular complexity index is 1710. The Balaban J connectivity index is 1.47. The van der Waals surface area contributed by atoms with E-state index in [2.05, 4.69) is 10.2 Å². The van der Waals surface area contributed by atoms with Gasteiger partial charge in [-0.1, -0.05) is 24.6 Å². The van der Waals surface area contributed by atoms with Gasteiger partial charge in [0.2, 0.25) is 5.60 Å². The number of esters is 3. The molecule has 16 heteroatoms. The van der Waals surface area contributed by atoms with Crippen molar-refractivity contribution < 1.29 is 46.9 Å². The molecule has 1 saturated heterocycles. The summed E-state index contributed by atoms with van der Waals surface area (Å²) < 4.78 is 50.1. The third kappa shape index (κ3) is 7.58. The summed E-state index contributed by atoms with van der Waals surface area (Å²) in [6.07, 6.45) is 0.283. The topological polar surface area (TPSA) is 203 Å². The smallest absolute Gasteiger partial charge is 0.459 e. The van der Waals surface area contributed by atoms with E-state index in [4.69, 9.17) is 33.7 Å². The normalized spacial score (nSPS) is 24.3. The molecule has 0 unspecified atom stereocenters. The number of carbonyl (C=O) groups excluding carboxylic acids is 3. The SMILES string of the molecule is CC(=O)O[C@H]1[C@H](c2ccc3c(N)ccnn23)O[C@](C#N)(CO[P@](=O)(N[C@@H](C)C(=O)OCC2CCC2)Oc2ccccc2)[C@H]1OC(C)=O. The standard InChI is InChI=1S/C31H36N5O10P/c1-19(30(39)41-16-22-8-7-9-22)35-47(40,46-23-10-5-4-6-11-23)42-18-31(17-32)29(44-21(3)38)28(43-20(2)37)27(45-31)26-13-12-25-24(33)14-15-34-36(25)26/h4-6,10-15,19,22,27-29H,7-9,16,18,33H2,1-3H3,(H,35,40)/t19-,27-,28-,29-,31+,47+/m0/s1. The van der Waals surface area contributed by atoms with Crippen molar-refractivity contribution in [3.05, 3.63) is 60.4 Å². The summed E-state index contributed by atoms with van der Waals surface area (Å²) in [6, 6.07) is 13.7. The van der Waals surface area contributed by atoms with Gasteiger partial charge in [-0.3, -0.25) is 18.9 Å². The minimum absolute atomic E-state index is 0.132. The molecule has 1 aliphatic heterocycles. The van der Waals surface area contributed by atoms with E-state index in [0.29, 0.717) is 16.9 Å². The first-order valence-corrected chi connectivity index (χ1v) is 16.6. The Kier molecular flexibility index (Phi) is 10.2. The number of para-hydroxylation sites is 1. The largest absolute Gasteiger partial charge is 0.464 e. The fourth-order valence-electron chi connectivity index (χ4n) is 5.35. The molecule has 2 aromatic heterocycles. The average molecular weight is 670 g/mol. The number of ether oxygens (including phenoxy) is 4. The lowest BCUT2D eigenvalue weighted by atomic mass is 9.86. The van der Waals surface area contributed by atoms with Crippen LogP contribution in [0.4, 0.5) is 5.69 Å². The molecule has 1 aromatic carbocycles. The van der Waals surface area contributed by atoms with Gasteiger partial charge in [0.25, 0.3) is 0 Å². The molecule has 0 radical (unpaired) electrons. The molecular formula is C31H36N5O10P. The molecule has 3 aromatic rings. The Morgan fingerprint density at radius 3 is 2.51 bits per heavy atom. The molecule has 5 rings (SSSR count). The maximum absolute atomic E-state index is 14.3. The molecule has 1 aliphatic carbocycles. The van der Waals surface area contributed by atoms with E-state index in [-0.39, 0.29) is 18.3 Å². The highest BCUT2D eigenvalue weighted by Crippen LogP contribution is 2.50. The molecular weight excluding hydrogens is 633 g/mol. The van der Waals surface area contributed by atoms with E-state index in [1.54, 1.807) is 36.4 Å². The third-order valence-corrected chi connectivity index (χ3v) is 9.52. The van der Waals surface area contributed by atoms with Gasteiger partial charge >= 0.3 is 25.7 Å². The maximum Gasteiger partial charge on any atom is 0.459 e. The minimum atomic E-state index is -4.50. The predicted octanol–water partition coefficient (Wildman–Crippen LogP) is 3.64. The van der Waals surface area contributed by atoms with Crippen LogP contribution in [0.1, 0.15) is 51.8 Å². The highest BCUT2D eigenvalue weighted by Gasteiger charge is 2.62. The van der Waals surface area contributed by atoms with Crippen molar-refractivity contribution in [2.24, 2.45) is 5.92 Å². The lowest BCUT2D eigenvalue weighted by Gasteiger charge is -2.30. The summed E-state index contributed by atoms with van der Waals surface area (Å²) in [6.45, 7) is 3.10. The van der Waals surface area contributed by atoms with E-state index in [1.165, 1.54) is 29.8 Å². The fourth-order valence-corrected chi connectivity index (χ4v) is 6.87. The molecule has 1 saturated carbocycles. The van der Waals surface area contributed by atoms with Gasteiger partial charge in [0.05, 0.1) is 23.5 Å². The van der Waals surface area contributed by atoms with Crippen LogP contribution < -0.4 is 15.3 Å². The van der Waals surface area contributed by atoms with Crippen LogP contribution in [-0.2, 0) is 42.4 Å². The number of aromatic nitrogens is 2. The number of rotatable bonds is 13. The van der Waals surface area contributed by atoms with Crippen LogP contribution >= 0.6 is 7.75 Å². The summed E-state index contributed by atoms with van der Waals surface area (Å²) in [5.74, 6) is -1.83. The summed E-state index contributed by atoms with van der Waals surface area (Å²) >= 11 is 0. The zero-order chi connectivity index (χ0) is 33.8. The van der Waals surface area contributed by atoms with Crippen molar-refractivity contribution in [3.8, 4) is 11.8 Å². The Hall–Kier alpha value is -4.48. The van der Waals surface area contributed by atoms with Gasteiger partial charge in [-0.2, -0.15) is 15.4 Å². The molecule has 6 atom stereocenters. The van der Waals surface area contributed by atoms with Crippen LogP contribution in [0.5, 0.6) is 5.75 Å². The van der Waals surface area contributed by atoms with E-state index in [0.717, 1.165) is 33.1 Å². The van der Waals surface area contributed by atoms with Crippen LogP contribution in [0.15, 0.2) is 54.7 Å². The first-order valence-electron chi connectivity index (χ1n) is 15.0. The maximum atomic E-state index is 14.3. The Labute approximate surface area is 270 Å². The van der Waals surface area contributed by atoms with Gasteiger partial charge in [-0.05, 0) is 56.0 Å². The number of nitrogens with one attached hydrogen (secondary N) is 1. The summed E-state index contributed by atoms with van der Waals surface area (Å²) in [7, 11) is -4.50. The zero-order valence-electron chi connectivity index (χ0n) is 26.1. The molecule has 15 nitrogen and oxygen atoms in total. The van der Waals surface area contributed by atoms with Crippen molar-refractivity contribution >= 4 is 36.9 Å². The molecule has 2 fully saturated rings. The Morgan fingerprint density at radius 1 is 1.15 bits per heavy atom. The quantitative estimate of drug-likeness (QED) is 0.152. The minimum Gasteiger partial charge on any atom is -0.464 e. The second-order valence-electron chi connectivity index (χ2n) is 11.4.